The SMILES string of the molecule is O=C(CCNCc1ccccc1)Nc1ccccc1Br. The molecular formula is C16H17BrN2O. The summed E-state index contributed by atoms with van der Waals surface area (Å²) in [4.78, 5) is 11.8. The van der Waals surface area contributed by atoms with Crippen molar-refractivity contribution in [2.45, 2.75) is 13.0 Å². The molecule has 0 atom stereocenters. The predicted octanol–water partition coefficient (Wildman–Crippen LogP) is 3.57. The topological polar surface area (TPSA) is 41.1 Å². The number of halogens is 1. The van der Waals surface area contributed by atoms with E-state index in [9.17, 15) is 4.79 Å². The van der Waals surface area contributed by atoms with E-state index in [-0.39, 0.29) is 5.91 Å². The van der Waals surface area contributed by atoms with Gasteiger partial charge in [-0.15, -0.1) is 0 Å². The number of carbonyl (C=O) groups is 1. The van der Waals surface area contributed by atoms with Crippen molar-refractivity contribution in [3.05, 3.63) is 64.6 Å². The first-order chi connectivity index (χ1) is 9.75. The maximum Gasteiger partial charge on any atom is 0.225 e. The second-order valence-corrected chi connectivity index (χ2v) is 5.29. The molecule has 2 aromatic carbocycles. The predicted molar refractivity (Wildman–Crippen MR) is 85.5 cm³/mol. The van der Waals surface area contributed by atoms with Crippen molar-refractivity contribution in [2.24, 2.45) is 0 Å². The molecule has 0 saturated heterocycles. The zero-order valence-corrected chi connectivity index (χ0v) is 12.7. The molecule has 0 saturated carbocycles. The first-order valence-electron chi connectivity index (χ1n) is 6.55. The summed E-state index contributed by atoms with van der Waals surface area (Å²) in [6, 6.07) is 17.7. The first-order valence-corrected chi connectivity index (χ1v) is 7.34. The molecule has 0 aliphatic heterocycles. The molecule has 0 unspecified atom stereocenters. The summed E-state index contributed by atoms with van der Waals surface area (Å²) in [5, 5.41) is 6.14. The third-order valence-electron chi connectivity index (χ3n) is 2.85. The van der Waals surface area contributed by atoms with Gasteiger partial charge in [-0.25, -0.2) is 0 Å². The van der Waals surface area contributed by atoms with Gasteiger partial charge in [-0.1, -0.05) is 42.5 Å². The van der Waals surface area contributed by atoms with Crippen LogP contribution in [0.15, 0.2) is 59.1 Å². The highest BCUT2D eigenvalue weighted by molar-refractivity contribution is 9.10. The lowest BCUT2D eigenvalue weighted by atomic mass is 10.2. The molecule has 20 heavy (non-hydrogen) atoms. The molecule has 0 fully saturated rings. The van der Waals surface area contributed by atoms with Gasteiger partial charge in [0.1, 0.15) is 0 Å². The van der Waals surface area contributed by atoms with Crippen LogP contribution in [0.4, 0.5) is 5.69 Å². The van der Waals surface area contributed by atoms with Crippen molar-refractivity contribution < 1.29 is 4.79 Å². The van der Waals surface area contributed by atoms with E-state index < -0.39 is 0 Å². The lowest BCUT2D eigenvalue weighted by Gasteiger charge is -2.08. The van der Waals surface area contributed by atoms with Crippen LogP contribution < -0.4 is 10.6 Å². The Morgan fingerprint density at radius 1 is 1.00 bits per heavy atom. The number of rotatable bonds is 6. The summed E-state index contributed by atoms with van der Waals surface area (Å²) in [5.74, 6) is 0.0115. The number of carbonyl (C=O) groups excluding carboxylic acids is 1. The van der Waals surface area contributed by atoms with Crippen molar-refractivity contribution in [2.75, 3.05) is 11.9 Å². The first kappa shape index (κ1) is 14.8. The molecule has 3 nitrogen and oxygen atoms in total. The number of nitrogens with one attached hydrogen (secondary N) is 2. The van der Waals surface area contributed by atoms with Gasteiger partial charge in [0.2, 0.25) is 5.91 Å². The van der Waals surface area contributed by atoms with Gasteiger partial charge in [-0.05, 0) is 33.6 Å². The Bertz CT molecular complexity index is 557. The molecule has 0 aliphatic carbocycles. The van der Waals surface area contributed by atoms with Crippen LogP contribution in [0.1, 0.15) is 12.0 Å². The molecule has 0 aromatic heterocycles. The molecule has 4 heteroatoms. The Morgan fingerprint density at radius 2 is 1.70 bits per heavy atom. The average molecular weight is 333 g/mol. The van der Waals surface area contributed by atoms with Crippen molar-refractivity contribution in [3.8, 4) is 0 Å². The van der Waals surface area contributed by atoms with Crippen LogP contribution in [0.2, 0.25) is 0 Å². The summed E-state index contributed by atoms with van der Waals surface area (Å²) >= 11 is 3.41. The second kappa shape index (κ2) is 7.82. The molecule has 2 N–H and O–H groups in total. The number of hydrogen-bond donors (Lipinski definition) is 2. The minimum Gasteiger partial charge on any atom is -0.325 e. The van der Waals surface area contributed by atoms with Crippen LogP contribution in [0.25, 0.3) is 0 Å². The van der Waals surface area contributed by atoms with Gasteiger partial charge in [0, 0.05) is 24.0 Å². The molecule has 0 bridgehead atoms. The Labute approximate surface area is 127 Å². The van der Waals surface area contributed by atoms with E-state index >= 15 is 0 Å². The zero-order valence-electron chi connectivity index (χ0n) is 11.1. The normalized spacial score (nSPS) is 10.2. The highest BCUT2D eigenvalue weighted by atomic mass is 79.9. The maximum atomic E-state index is 11.8. The summed E-state index contributed by atoms with van der Waals surface area (Å²) in [7, 11) is 0. The molecule has 0 radical (unpaired) electrons. The summed E-state index contributed by atoms with van der Waals surface area (Å²) in [5.41, 5.74) is 2.03. The number of anilines is 1. The summed E-state index contributed by atoms with van der Waals surface area (Å²) in [6.45, 7) is 1.44. The number of hydrogen-bond acceptors (Lipinski definition) is 2. The van der Waals surface area contributed by atoms with E-state index in [0.29, 0.717) is 13.0 Å². The van der Waals surface area contributed by atoms with Crippen LogP contribution >= 0.6 is 15.9 Å². The van der Waals surface area contributed by atoms with Crippen LogP contribution in [0, 0.1) is 0 Å². The summed E-state index contributed by atoms with van der Waals surface area (Å²) in [6.07, 6.45) is 0.453. The second-order valence-electron chi connectivity index (χ2n) is 4.44. The van der Waals surface area contributed by atoms with Crippen LogP contribution in [0.3, 0.4) is 0 Å². The molecule has 0 heterocycles. The Hall–Kier alpha value is -1.65. The fourth-order valence-electron chi connectivity index (χ4n) is 1.81. The van der Waals surface area contributed by atoms with Crippen molar-refractivity contribution in [3.63, 3.8) is 0 Å². The van der Waals surface area contributed by atoms with E-state index in [4.69, 9.17) is 0 Å². The quantitative estimate of drug-likeness (QED) is 0.794. The van der Waals surface area contributed by atoms with Gasteiger partial charge in [0.15, 0.2) is 0 Å². The standard InChI is InChI=1S/C16H17BrN2O/c17-14-8-4-5-9-15(14)19-16(20)10-11-18-12-13-6-2-1-3-7-13/h1-9,18H,10-12H2,(H,19,20). The van der Waals surface area contributed by atoms with E-state index in [2.05, 4.69) is 38.7 Å². The van der Waals surface area contributed by atoms with Gasteiger partial charge in [-0.2, -0.15) is 0 Å². The van der Waals surface area contributed by atoms with Crippen molar-refractivity contribution in [1.29, 1.82) is 0 Å². The average Bonchev–Trinajstić information content (AvgIpc) is 2.47. The molecule has 1 amide bonds. The fraction of sp³-hybridized carbons (Fsp3) is 0.188. The number of para-hydroxylation sites is 1. The molecule has 2 rings (SSSR count). The summed E-state index contributed by atoms with van der Waals surface area (Å²) < 4.78 is 0.894. The Balaban J connectivity index is 1.69. The zero-order chi connectivity index (χ0) is 14.2. The Kier molecular flexibility index (Phi) is 5.77. The van der Waals surface area contributed by atoms with Gasteiger partial charge in [0.05, 0.1) is 5.69 Å². The molecule has 2 aromatic rings. The van der Waals surface area contributed by atoms with Gasteiger partial charge < -0.3 is 10.6 Å². The highest BCUT2D eigenvalue weighted by Gasteiger charge is 2.04. The smallest absolute Gasteiger partial charge is 0.225 e. The number of amides is 1. The van der Waals surface area contributed by atoms with Crippen molar-refractivity contribution >= 4 is 27.5 Å². The molecule has 0 aliphatic rings. The fourth-order valence-corrected chi connectivity index (χ4v) is 2.19. The lowest BCUT2D eigenvalue weighted by molar-refractivity contribution is -0.116. The van der Waals surface area contributed by atoms with Gasteiger partial charge in [0.25, 0.3) is 0 Å². The van der Waals surface area contributed by atoms with Crippen LogP contribution in [-0.2, 0) is 11.3 Å². The van der Waals surface area contributed by atoms with E-state index in [1.165, 1.54) is 5.56 Å². The van der Waals surface area contributed by atoms with Crippen LogP contribution in [0.5, 0.6) is 0 Å². The Morgan fingerprint density at radius 3 is 2.45 bits per heavy atom. The minimum absolute atomic E-state index is 0.0115. The van der Waals surface area contributed by atoms with Crippen molar-refractivity contribution in [1.82, 2.24) is 5.32 Å². The molecule has 104 valence electrons. The maximum absolute atomic E-state index is 11.8. The van der Waals surface area contributed by atoms with Crippen LogP contribution in [-0.4, -0.2) is 12.5 Å². The monoisotopic (exact) mass is 332 g/mol. The molecule has 0 spiro atoms. The van der Waals surface area contributed by atoms with E-state index in [0.717, 1.165) is 16.7 Å². The molecular weight excluding hydrogens is 316 g/mol. The highest BCUT2D eigenvalue weighted by Crippen LogP contribution is 2.21. The third-order valence-corrected chi connectivity index (χ3v) is 3.54. The van der Waals surface area contributed by atoms with E-state index in [1.807, 2.05) is 42.5 Å². The van der Waals surface area contributed by atoms with Gasteiger partial charge in [-0.3, -0.25) is 4.79 Å². The van der Waals surface area contributed by atoms with Gasteiger partial charge >= 0.3 is 0 Å². The lowest BCUT2D eigenvalue weighted by Crippen LogP contribution is -2.21. The largest absolute Gasteiger partial charge is 0.325 e. The minimum atomic E-state index is 0.0115. The third kappa shape index (κ3) is 4.79. The van der Waals surface area contributed by atoms with E-state index in [1.54, 1.807) is 0 Å². The number of benzene rings is 2.